The molecular formula is C14H29N3O. The van der Waals surface area contributed by atoms with Crippen molar-refractivity contribution in [3.63, 3.8) is 0 Å². The van der Waals surface area contributed by atoms with Gasteiger partial charge in [0.25, 0.3) is 0 Å². The molecule has 0 aromatic carbocycles. The zero-order valence-electron chi connectivity index (χ0n) is 12.6. The Kier molecular flexibility index (Phi) is 6.09. The van der Waals surface area contributed by atoms with Gasteiger partial charge in [0.15, 0.2) is 0 Å². The molecule has 18 heavy (non-hydrogen) atoms. The lowest BCUT2D eigenvalue weighted by Crippen LogP contribution is -2.49. The summed E-state index contributed by atoms with van der Waals surface area (Å²) in [4.78, 5) is 16.4. The van der Waals surface area contributed by atoms with Crippen molar-refractivity contribution in [2.45, 2.75) is 58.7 Å². The maximum Gasteiger partial charge on any atom is 0.236 e. The van der Waals surface area contributed by atoms with Gasteiger partial charge in [-0.2, -0.15) is 0 Å². The molecule has 0 unspecified atom stereocenters. The summed E-state index contributed by atoms with van der Waals surface area (Å²) in [6.45, 7) is 11.3. The van der Waals surface area contributed by atoms with Crippen LogP contribution < -0.4 is 5.32 Å². The highest BCUT2D eigenvalue weighted by molar-refractivity contribution is 5.78. The largest absolute Gasteiger partial charge is 0.342 e. The predicted molar refractivity (Wildman–Crippen MR) is 75.6 cm³/mol. The zero-order valence-corrected chi connectivity index (χ0v) is 12.6. The van der Waals surface area contributed by atoms with E-state index in [4.69, 9.17) is 0 Å². The monoisotopic (exact) mass is 255 g/mol. The number of hydrogen-bond acceptors (Lipinski definition) is 3. The number of piperidine rings is 1. The van der Waals surface area contributed by atoms with E-state index in [1.807, 2.05) is 11.9 Å². The van der Waals surface area contributed by atoms with E-state index in [2.05, 4.69) is 37.9 Å². The fraction of sp³-hybridized carbons (Fsp3) is 0.929. The van der Waals surface area contributed by atoms with Crippen LogP contribution in [0.1, 0.15) is 40.5 Å². The first-order valence-electron chi connectivity index (χ1n) is 7.15. The Morgan fingerprint density at radius 3 is 2.28 bits per heavy atom. The van der Waals surface area contributed by atoms with Crippen molar-refractivity contribution in [1.29, 1.82) is 0 Å². The van der Waals surface area contributed by atoms with Crippen LogP contribution in [0.4, 0.5) is 0 Å². The molecule has 1 heterocycles. The van der Waals surface area contributed by atoms with Crippen LogP contribution in [-0.2, 0) is 4.79 Å². The average Bonchev–Trinajstić information content (AvgIpc) is 2.35. The fourth-order valence-corrected chi connectivity index (χ4v) is 2.41. The quantitative estimate of drug-likeness (QED) is 0.805. The lowest BCUT2D eigenvalue weighted by atomic mass is 10.0. The molecule has 0 bridgehead atoms. The Bertz CT molecular complexity index is 258. The molecule has 0 aromatic rings. The predicted octanol–water partition coefficient (Wildman–Crippen LogP) is 1.32. The Balaban J connectivity index is 2.35. The van der Waals surface area contributed by atoms with Crippen molar-refractivity contribution in [2.24, 2.45) is 0 Å². The number of likely N-dealkylation sites (N-methyl/N-ethyl adjacent to an activating group) is 1. The van der Waals surface area contributed by atoms with Crippen molar-refractivity contribution in [2.75, 3.05) is 26.7 Å². The van der Waals surface area contributed by atoms with E-state index < -0.39 is 0 Å². The summed E-state index contributed by atoms with van der Waals surface area (Å²) >= 11 is 0. The van der Waals surface area contributed by atoms with Crippen LogP contribution in [0.2, 0.25) is 0 Å². The third kappa shape index (κ3) is 4.58. The zero-order chi connectivity index (χ0) is 13.7. The molecule has 106 valence electrons. The Morgan fingerprint density at radius 1 is 1.28 bits per heavy atom. The van der Waals surface area contributed by atoms with Gasteiger partial charge in [0, 0.05) is 38.3 Å². The average molecular weight is 255 g/mol. The molecular weight excluding hydrogens is 226 g/mol. The van der Waals surface area contributed by atoms with Crippen molar-refractivity contribution in [1.82, 2.24) is 15.1 Å². The number of nitrogens with one attached hydrogen (secondary N) is 1. The van der Waals surface area contributed by atoms with Crippen molar-refractivity contribution in [3.8, 4) is 0 Å². The van der Waals surface area contributed by atoms with Crippen LogP contribution in [0.5, 0.6) is 0 Å². The second kappa shape index (κ2) is 7.10. The first-order chi connectivity index (χ1) is 8.41. The highest BCUT2D eigenvalue weighted by Gasteiger charge is 2.25. The van der Waals surface area contributed by atoms with Gasteiger partial charge in [-0.05, 0) is 26.7 Å². The van der Waals surface area contributed by atoms with E-state index in [0.29, 0.717) is 24.7 Å². The van der Waals surface area contributed by atoms with E-state index in [0.717, 1.165) is 25.9 Å². The number of rotatable bonds is 5. The Labute approximate surface area is 112 Å². The first-order valence-corrected chi connectivity index (χ1v) is 7.15. The Hall–Kier alpha value is -0.610. The molecule has 1 amide bonds. The van der Waals surface area contributed by atoms with Gasteiger partial charge in [0.1, 0.15) is 0 Å². The van der Waals surface area contributed by atoms with Gasteiger partial charge in [-0.25, -0.2) is 0 Å². The highest BCUT2D eigenvalue weighted by Crippen LogP contribution is 2.17. The van der Waals surface area contributed by atoms with Crippen molar-refractivity contribution in [3.05, 3.63) is 0 Å². The van der Waals surface area contributed by atoms with Gasteiger partial charge in [0.2, 0.25) is 5.91 Å². The smallest absolute Gasteiger partial charge is 0.236 e. The number of carbonyl (C=O) groups excluding carboxylic acids is 1. The number of amides is 1. The van der Waals surface area contributed by atoms with E-state index in [1.165, 1.54) is 0 Å². The number of nitrogens with zero attached hydrogens (tertiary/aromatic N) is 2. The van der Waals surface area contributed by atoms with E-state index in [9.17, 15) is 4.79 Å². The molecule has 0 spiro atoms. The molecule has 1 N–H and O–H groups in total. The summed E-state index contributed by atoms with van der Waals surface area (Å²) in [5.74, 6) is 0.215. The molecule has 0 atom stereocenters. The third-order valence-electron chi connectivity index (χ3n) is 3.83. The molecule has 1 rings (SSSR count). The molecule has 4 nitrogen and oxygen atoms in total. The van der Waals surface area contributed by atoms with Crippen LogP contribution in [0.3, 0.4) is 0 Å². The van der Waals surface area contributed by atoms with Gasteiger partial charge in [-0.1, -0.05) is 13.8 Å². The summed E-state index contributed by atoms with van der Waals surface area (Å²) in [5.41, 5.74) is 0. The van der Waals surface area contributed by atoms with Crippen molar-refractivity contribution < 1.29 is 4.79 Å². The van der Waals surface area contributed by atoms with E-state index >= 15 is 0 Å². The van der Waals surface area contributed by atoms with Gasteiger partial charge in [0.05, 0.1) is 6.54 Å². The first kappa shape index (κ1) is 15.4. The minimum Gasteiger partial charge on any atom is -0.342 e. The summed E-state index contributed by atoms with van der Waals surface area (Å²) in [5, 5.41) is 3.19. The molecule has 0 radical (unpaired) electrons. The van der Waals surface area contributed by atoms with Crippen LogP contribution in [-0.4, -0.2) is 60.5 Å². The van der Waals surface area contributed by atoms with Gasteiger partial charge < -0.3 is 15.1 Å². The molecule has 1 aliphatic rings. The maximum atomic E-state index is 12.0. The topological polar surface area (TPSA) is 35.6 Å². The van der Waals surface area contributed by atoms with Crippen molar-refractivity contribution >= 4 is 5.91 Å². The standard InChI is InChI=1S/C14H29N3O/c1-11(2)15-10-14(18)16(5)13-6-8-17(9-7-13)12(3)4/h11-13,15H,6-10H2,1-5H3. The number of likely N-dealkylation sites (tertiary alicyclic amines) is 1. The molecule has 0 aromatic heterocycles. The van der Waals surface area contributed by atoms with E-state index in [-0.39, 0.29) is 5.91 Å². The SMILES string of the molecule is CC(C)NCC(=O)N(C)C1CCN(C(C)C)CC1. The highest BCUT2D eigenvalue weighted by atomic mass is 16.2. The third-order valence-corrected chi connectivity index (χ3v) is 3.83. The number of carbonyl (C=O) groups is 1. The van der Waals surface area contributed by atoms with Gasteiger partial charge in [-0.3, -0.25) is 4.79 Å². The maximum absolute atomic E-state index is 12.0. The van der Waals surface area contributed by atoms with Crippen LogP contribution >= 0.6 is 0 Å². The minimum atomic E-state index is 0.215. The molecule has 1 fully saturated rings. The van der Waals surface area contributed by atoms with Crippen LogP contribution in [0.15, 0.2) is 0 Å². The van der Waals surface area contributed by atoms with Crippen LogP contribution in [0.25, 0.3) is 0 Å². The summed E-state index contributed by atoms with van der Waals surface area (Å²) < 4.78 is 0. The summed E-state index contributed by atoms with van der Waals surface area (Å²) in [6.07, 6.45) is 2.20. The second-order valence-corrected chi connectivity index (χ2v) is 5.90. The molecule has 4 heteroatoms. The second-order valence-electron chi connectivity index (χ2n) is 5.90. The Morgan fingerprint density at radius 2 is 1.83 bits per heavy atom. The lowest BCUT2D eigenvalue weighted by molar-refractivity contribution is -0.132. The number of hydrogen-bond donors (Lipinski definition) is 1. The van der Waals surface area contributed by atoms with Gasteiger partial charge >= 0.3 is 0 Å². The minimum absolute atomic E-state index is 0.215. The van der Waals surface area contributed by atoms with Crippen LogP contribution in [0, 0.1) is 0 Å². The summed E-state index contributed by atoms with van der Waals surface area (Å²) in [6, 6.07) is 1.40. The normalized spacial score (nSPS) is 18.6. The summed E-state index contributed by atoms with van der Waals surface area (Å²) in [7, 11) is 1.94. The molecule has 1 aliphatic heterocycles. The molecule has 0 saturated carbocycles. The lowest BCUT2D eigenvalue weighted by Gasteiger charge is -2.38. The molecule has 0 aliphatic carbocycles. The van der Waals surface area contributed by atoms with E-state index in [1.54, 1.807) is 0 Å². The fourth-order valence-electron chi connectivity index (χ4n) is 2.41. The van der Waals surface area contributed by atoms with Gasteiger partial charge in [-0.15, -0.1) is 0 Å². The molecule has 1 saturated heterocycles.